The minimum Gasteiger partial charge on any atom is -0.478 e. The van der Waals surface area contributed by atoms with Crippen LogP contribution < -0.4 is 0 Å². The molecule has 3 aromatic heterocycles. The molecule has 0 unspecified atom stereocenters. The van der Waals surface area contributed by atoms with Gasteiger partial charge in [0.1, 0.15) is 5.56 Å². The molecule has 0 atom stereocenters. The summed E-state index contributed by atoms with van der Waals surface area (Å²) < 4.78 is 107. The number of halogens is 8. The Morgan fingerprint density at radius 1 is 1.13 bits per heavy atom. The molecule has 31 heavy (non-hydrogen) atoms. The molecule has 6 nitrogen and oxygen atoms in total. The zero-order valence-corrected chi connectivity index (χ0v) is 16.1. The molecule has 0 fully saturated rings. The van der Waals surface area contributed by atoms with Gasteiger partial charge in [-0.15, -0.1) is 11.3 Å². The van der Waals surface area contributed by atoms with Crippen LogP contribution in [-0.2, 0) is 19.1 Å². The van der Waals surface area contributed by atoms with E-state index in [4.69, 9.17) is 5.11 Å². The number of carboxylic acid groups (broad SMARTS) is 1. The molecule has 3 heterocycles. The molecule has 0 aromatic carbocycles. The van der Waals surface area contributed by atoms with Gasteiger partial charge in [-0.3, -0.25) is 0 Å². The van der Waals surface area contributed by atoms with E-state index >= 15 is 0 Å². The number of alkyl halides is 8. The molecular weight excluding hydrogens is 464 g/mol. The molecule has 0 aliphatic carbocycles. The highest BCUT2D eigenvalue weighted by atomic mass is 32.1. The van der Waals surface area contributed by atoms with E-state index < -0.39 is 41.3 Å². The number of hydrogen-bond donors (Lipinski definition) is 1. The van der Waals surface area contributed by atoms with Crippen molar-refractivity contribution in [2.24, 2.45) is 7.05 Å². The van der Waals surface area contributed by atoms with Gasteiger partial charge in [-0.1, -0.05) is 0 Å². The monoisotopic (exact) mass is 474 g/mol. The zero-order chi connectivity index (χ0) is 23.5. The first-order valence-corrected chi connectivity index (χ1v) is 8.85. The highest BCUT2D eigenvalue weighted by Crippen LogP contribution is 2.49. The molecule has 0 bridgehead atoms. The van der Waals surface area contributed by atoms with E-state index in [1.54, 1.807) is 0 Å². The number of carboxylic acids is 1. The predicted molar refractivity (Wildman–Crippen MR) is 90.3 cm³/mol. The Labute approximate surface area is 171 Å². The van der Waals surface area contributed by atoms with Crippen LogP contribution in [-0.4, -0.2) is 36.8 Å². The Morgan fingerprint density at radius 3 is 2.23 bits per heavy atom. The van der Waals surface area contributed by atoms with E-state index in [2.05, 4.69) is 10.2 Å². The maximum Gasteiger partial charge on any atom is 0.459 e. The third-order valence-electron chi connectivity index (χ3n) is 4.19. The summed E-state index contributed by atoms with van der Waals surface area (Å²) in [7, 11) is 0.764. The van der Waals surface area contributed by atoms with Gasteiger partial charge in [-0.25, -0.2) is 14.2 Å². The normalized spacial score (nSPS) is 13.1. The molecule has 3 aromatic rings. The molecule has 0 saturated carbocycles. The van der Waals surface area contributed by atoms with Crippen molar-refractivity contribution >= 4 is 17.3 Å². The lowest BCUT2D eigenvalue weighted by Crippen LogP contribution is -2.36. The summed E-state index contributed by atoms with van der Waals surface area (Å²) in [4.78, 5) is 11.8. The maximum absolute atomic E-state index is 13.8. The van der Waals surface area contributed by atoms with Crippen molar-refractivity contribution in [2.75, 3.05) is 0 Å². The lowest BCUT2D eigenvalue weighted by molar-refractivity contribution is -0.292. The molecule has 0 aliphatic heterocycles. The first-order valence-electron chi connectivity index (χ1n) is 8.04. The molecule has 0 amide bonds. The van der Waals surface area contributed by atoms with Crippen molar-refractivity contribution in [2.45, 2.75) is 25.2 Å². The van der Waals surface area contributed by atoms with Gasteiger partial charge in [0.05, 0.1) is 11.8 Å². The van der Waals surface area contributed by atoms with Crippen LogP contribution in [0.15, 0.2) is 18.5 Å². The Kier molecular flexibility index (Phi) is 5.15. The van der Waals surface area contributed by atoms with E-state index in [1.807, 2.05) is 0 Å². The van der Waals surface area contributed by atoms with Crippen molar-refractivity contribution < 1.29 is 45.0 Å². The van der Waals surface area contributed by atoms with E-state index in [-0.39, 0.29) is 20.7 Å². The van der Waals surface area contributed by atoms with Gasteiger partial charge < -0.3 is 5.11 Å². The highest BCUT2D eigenvalue weighted by molar-refractivity contribution is 7.15. The van der Waals surface area contributed by atoms with Crippen molar-refractivity contribution in [1.29, 1.82) is 0 Å². The second-order valence-electron chi connectivity index (χ2n) is 6.30. The second-order valence-corrected chi connectivity index (χ2v) is 7.56. The Hall–Kier alpha value is -2.97. The standard InChI is InChI=1S/C16H10F8N4O2S/c1-6-8(13(29)30)3-9(31-6)7-4-25-28(5-7)12-10(15(19,20)21)11(26-27(12)2)14(17,18)16(22,23)24/h3-5H,1-2H3,(H,29,30). The number of aromatic carboxylic acids is 1. The van der Waals surface area contributed by atoms with Gasteiger partial charge >= 0.3 is 24.2 Å². The minimum absolute atomic E-state index is 0.0589. The molecule has 168 valence electrons. The third kappa shape index (κ3) is 3.77. The van der Waals surface area contributed by atoms with Gasteiger partial charge in [-0.05, 0) is 13.0 Å². The fraction of sp³-hybridized carbons (Fsp3) is 0.312. The van der Waals surface area contributed by atoms with E-state index in [0.29, 0.717) is 9.56 Å². The average molecular weight is 474 g/mol. The number of rotatable bonds is 4. The van der Waals surface area contributed by atoms with Crippen LogP contribution in [0.4, 0.5) is 35.1 Å². The number of aryl methyl sites for hydroxylation is 2. The number of hydrogen-bond acceptors (Lipinski definition) is 4. The fourth-order valence-electron chi connectivity index (χ4n) is 2.80. The summed E-state index contributed by atoms with van der Waals surface area (Å²) in [6, 6.07) is 1.24. The minimum atomic E-state index is -6.31. The summed E-state index contributed by atoms with van der Waals surface area (Å²) in [6.07, 6.45) is -9.96. The van der Waals surface area contributed by atoms with Crippen molar-refractivity contribution in [3.05, 3.63) is 40.2 Å². The Balaban J connectivity index is 2.19. The SMILES string of the molecule is Cc1sc(-c2cnn(-c3c(C(F)(F)F)c(C(F)(F)C(F)(F)F)nn3C)c2)cc1C(=O)O. The second kappa shape index (κ2) is 7.03. The zero-order valence-electron chi connectivity index (χ0n) is 15.3. The van der Waals surface area contributed by atoms with Gasteiger partial charge in [0.15, 0.2) is 11.5 Å². The third-order valence-corrected chi connectivity index (χ3v) is 5.29. The Morgan fingerprint density at radius 2 is 1.74 bits per heavy atom. The van der Waals surface area contributed by atoms with Crippen LogP contribution in [0.25, 0.3) is 16.3 Å². The summed E-state index contributed by atoms with van der Waals surface area (Å²) in [6.45, 7) is 1.50. The van der Waals surface area contributed by atoms with Gasteiger partial charge in [-0.2, -0.15) is 45.3 Å². The largest absolute Gasteiger partial charge is 0.478 e. The van der Waals surface area contributed by atoms with E-state index in [1.165, 1.54) is 13.0 Å². The van der Waals surface area contributed by atoms with Gasteiger partial charge in [0, 0.05) is 28.6 Å². The molecular formula is C16H10F8N4O2S. The fourth-order valence-corrected chi connectivity index (χ4v) is 3.78. The van der Waals surface area contributed by atoms with Gasteiger partial charge in [0.25, 0.3) is 0 Å². The van der Waals surface area contributed by atoms with E-state index in [0.717, 1.165) is 30.8 Å². The number of aromatic nitrogens is 4. The lowest BCUT2D eigenvalue weighted by Gasteiger charge is -2.19. The van der Waals surface area contributed by atoms with E-state index in [9.17, 15) is 39.9 Å². The summed E-state index contributed by atoms with van der Waals surface area (Å²) in [5.41, 5.74) is -4.72. The van der Waals surface area contributed by atoms with Gasteiger partial charge in [0.2, 0.25) is 0 Å². The van der Waals surface area contributed by atoms with Crippen LogP contribution in [0, 0.1) is 6.92 Å². The number of nitrogens with zero attached hydrogens (tertiary/aromatic N) is 4. The van der Waals surface area contributed by atoms with Crippen LogP contribution in [0.5, 0.6) is 0 Å². The summed E-state index contributed by atoms with van der Waals surface area (Å²) >= 11 is 0.984. The highest BCUT2D eigenvalue weighted by Gasteiger charge is 2.64. The van der Waals surface area contributed by atoms with Crippen LogP contribution >= 0.6 is 11.3 Å². The molecule has 3 rings (SSSR count). The number of thiophene rings is 1. The predicted octanol–water partition coefficient (Wildman–Crippen LogP) is 5.01. The quantitative estimate of drug-likeness (QED) is 0.540. The first-order chi connectivity index (χ1) is 14.1. The summed E-state index contributed by atoms with van der Waals surface area (Å²) in [5.74, 6) is -8.27. The summed E-state index contributed by atoms with van der Waals surface area (Å²) in [5, 5.41) is 15.5. The molecule has 0 saturated heterocycles. The van der Waals surface area contributed by atoms with Crippen molar-refractivity contribution in [3.63, 3.8) is 0 Å². The molecule has 15 heteroatoms. The smallest absolute Gasteiger partial charge is 0.459 e. The molecule has 0 aliphatic rings. The lowest BCUT2D eigenvalue weighted by atomic mass is 10.1. The molecule has 0 spiro atoms. The maximum atomic E-state index is 13.8. The van der Waals surface area contributed by atoms with Crippen molar-refractivity contribution in [3.8, 4) is 16.3 Å². The molecule has 0 radical (unpaired) electrons. The Bertz CT molecular complexity index is 1160. The first kappa shape index (κ1) is 22.7. The topological polar surface area (TPSA) is 72.9 Å². The van der Waals surface area contributed by atoms with Crippen LogP contribution in [0.1, 0.15) is 26.5 Å². The van der Waals surface area contributed by atoms with Crippen LogP contribution in [0.2, 0.25) is 0 Å². The molecule has 1 N–H and O–H groups in total. The average Bonchev–Trinajstić information content (AvgIpc) is 3.29. The van der Waals surface area contributed by atoms with Crippen molar-refractivity contribution in [1.82, 2.24) is 19.6 Å². The van der Waals surface area contributed by atoms with Crippen LogP contribution in [0.3, 0.4) is 0 Å². The number of carbonyl (C=O) groups is 1.